The second-order valence-corrected chi connectivity index (χ2v) is 4.74. The van der Waals surface area contributed by atoms with Crippen molar-refractivity contribution < 1.29 is 4.39 Å². The van der Waals surface area contributed by atoms with Gasteiger partial charge >= 0.3 is 0 Å². The minimum absolute atomic E-state index is 0.163. The van der Waals surface area contributed by atoms with Crippen LogP contribution in [0.3, 0.4) is 0 Å². The van der Waals surface area contributed by atoms with E-state index in [4.69, 9.17) is 0 Å². The second-order valence-electron chi connectivity index (χ2n) is 3.95. The highest BCUT2D eigenvalue weighted by atomic mass is 79.9. The predicted molar refractivity (Wildman–Crippen MR) is 70.4 cm³/mol. The van der Waals surface area contributed by atoms with Crippen LogP contribution >= 0.6 is 15.9 Å². The van der Waals surface area contributed by atoms with Crippen molar-refractivity contribution in [3.05, 3.63) is 35.6 Å². The first kappa shape index (κ1) is 13.7. The van der Waals surface area contributed by atoms with Gasteiger partial charge in [-0.1, -0.05) is 41.4 Å². The van der Waals surface area contributed by atoms with E-state index < -0.39 is 0 Å². The van der Waals surface area contributed by atoms with Crippen LogP contribution in [0.25, 0.3) is 0 Å². The molecule has 0 saturated carbocycles. The Morgan fingerprint density at radius 3 is 2.44 bits per heavy atom. The number of hydrogen-bond donors (Lipinski definition) is 0. The highest BCUT2D eigenvalue weighted by molar-refractivity contribution is 9.09. The van der Waals surface area contributed by atoms with E-state index in [1.807, 2.05) is 12.1 Å². The minimum Gasteiger partial charge on any atom is -0.298 e. The fourth-order valence-corrected chi connectivity index (χ4v) is 2.12. The first-order chi connectivity index (χ1) is 7.76. The van der Waals surface area contributed by atoms with Crippen LogP contribution in [-0.4, -0.2) is 23.3 Å². The molecule has 0 radical (unpaired) electrons. The van der Waals surface area contributed by atoms with Gasteiger partial charge in [0.2, 0.25) is 0 Å². The highest BCUT2D eigenvalue weighted by Gasteiger charge is 2.04. The van der Waals surface area contributed by atoms with E-state index in [0.717, 1.165) is 25.0 Å². The molecular weight excluding hydrogens is 269 g/mol. The molecule has 16 heavy (non-hydrogen) atoms. The molecule has 0 fully saturated rings. The standard InChI is InChI=1S/C13H19BrFN/c1-2-3-9-16(10-8-14)11-12-4-6-13(15)7-5-12/h4-7H,2-3,8-11H2,1H3. The molecule has 0 N–H and O–H groups in total. The molecule has 1 nitrogen and oxygen atoms in total. The summed E-state index contributed by atoms with van der Waals surface area (Å²) < 4.78 is 12.8. The van der Waals surface area contributed by atoms with Crippen LogP contribution in [-0.2, 0) is 6.54 Å². The van der Waals surface area contributed by atoms with E-state index >= 15 is 0 Å². The molecule has 0 spiro atoms. The van der Waals surface area contributed by atoms with Crippen molar-refractivity contribution in [2.75, 3.05) is 18.4 Å². The van der Waals surface area contributed by atoms with Gasteiger partial charge in [0, 0.05) is 18.4 Å². The number of hydrogen-bond acceptors (Lipinski definition) is 1. The first-order valence-electron chi connectivity index (χ1n) is 5.79. The molecule has 0 unspecified atom stereocenters. The molecule has 0 aliphatic carbocycles. The van der Waals surface area contributed by atoms with Crippen LogP contribution in [0.2, 0.25) is 0 Å². The summed E-state index contributed by atoms with van der Waals surface area (Å²) in [5.41, 5.74) is 1.18. The molecule has 0 aliphatic heterocycles. The third kappa shape index (κ3) is 5.08. The van der Waals surface area contributed by atoms with Crippen molar-refractivity contribution in [1.82, 2.24) is 4.90 Å². The fraction of sp³-hybridized carbons (Fsp3) is 0.538. The molecule has 3 heteroatoms. The average Bonchev–Trinajstić information content (AvgIpc) is 2.29. The summed E-state index contributed by atoms with van der Waals surface area (Å²) in [5.74, 6) is -0.163. The zero-order valence-corrected chi connectivity index (χ0v) is 11.3. The van der Waals surface area contributed by atoms with Gasteiger partial charge in [-0.2, -0.15) is 0 Å². The van der Waals surface area contributed by atoms with E-state index in [9.17, 15) is 4.39 Å². The maximum absolute atomic E-state index is 12.8. The van der Waals surface area contributed by atoms with E-state index in [0.29, 0.717) is 0 Å². The second kappa shape index (κ2) is 7.80. The Morgan fingerprint density at radius 1 is 1.19 bits per heavy atom. The van der Waals surface area contributed by atoms with Crippen molar-refractivity contribution in [2.24, 2.45) is 0 Å². The molecule has 0 aliphatic rings. The molecule has 0 atom stereocenters. The van der Waals surface area contributed by atoms with Gasteiger partial charge in [0.25, 0.3) is 0 Å². The smallest absolute Gasteiger partial charge is 0.123 e. The molecule has 1 rings (SSSR count). The quantitative estimate of drug-likeness (QED) is 0.689. The van der Waals surface area contributed by atoms with Gasteiger partial charge in [0.1, 0.15) is 5.82 Å². The molecule has 1 aromatic carbocycles. The Kier molecular flexibility index (Phi) is 6.65. The summed E-state index contributed by atoms with van der Waals surface area (Å²) in [6, 6.07) is 6.79. The van der Waals surface area contributed by atoms with Crippen LogP contribution in [0.1, 0.15) is 25.3 Å². The van der Waals surface area contributed by atoms with Crippen molar-refractivity contribution in [3.8, 4) is 0 Å². The zero-order chi connectivity index (χ0) is 11.8. The summed E-state index contributed by atoms with van der Waals surface area (Å²) in [5, 5.41) is 0.984. The number of alkyl halides is 1. The number of benzene rings is 1. The maximum atomic E-state index is 12.8. The normalized spacial score (nSPS) is 11.0. The zero-order valence-electron chi connectivity index (χ0n) is 9.76. The Hall–Kier alpha value is -0.410. The molecule has 0 saturated heterocycles. The SMILES string of the molecule is CCCCN(CCBr)Cc1ccc(F)cc1. The lowest BCUT2D eigenvalue weighted by Gasteiger charge is -2.21. The Bertz CT molecular complexity index is 286. The third-order valence-corrected chi connectivity index (χ3v) is 2.90. The summed E-state index contributed by atoms with van der Waals surface area (Å²) in [7, 11) is 0. The van der Waals surface area contributed by atoms with Gasteiger partial charge in [0.15, 0.2) is 0 Å². The molecule has 90 valence electrons. The summed E-state index contributed by atoms with van der Waals surface area (Å²) in [4.78, 5) is 2.39. The summed E-state index contributed by atoms with van der Waals surface area (Å²) in [6.07, 6.45) is 2.43. The van der Waals surface area contributed by atoms with E-state index in [1.165, 1.54) is 30.5 Å². The average molecular weight is 288 g/mol. The molecule has 1 aromatic rings. The van der Waals surface area contributed by atoms with E-state index in [1.54, 1.807) is 0 Å². The summed E-state index contributed by atoms with van der Waals surface area (Å²) >= 11 is 3.47. The largest absolute Gasteiger partial charge is 0.298 e. The first-order valence-corrected chi connectivity index (χ1v) is 6.91. The van der Waals surface area contributed by atoms with Gasteiger partial charge in [-0.15, -0.1) is 0 Å². The fourth-order valence-electron chi connectivity index (χ4n) is 1.62. The molecule has 0 bridgehead atoms. The number of unbranched alkanes of at least 4 members (excludes halogenated alkanes) is 1. The van der Waals surface area contributed by atoms with Crippen molar-refractivity contribution in [2.45, 2.75) is 26.3 Å². The van der Waals surface area contributed by atoms with Crippen molar-refractivity contribution in [1.29, 1.82) is 0 Å². The Balaban J connectivity index is 2.49. The Labute approximate surface area is 106 Å². The lowest BCUT2D eigenvalue weighted by atomic mass is 10.2. The lowest BCUT2D eigenvalue weighted by Crippen LogP contribution is -2.26. The maximum Gasteiger partial charge on any atom is 0.123 e. The van der Waals surface area contributed by atoms with Crippen molar-refractivity contribution >= 4 is 15.9 Å². The van der Waals surface area contributed by atoms with Gasteiger partial charge in [0.05, 0.1) is 0 Å². The lowest BCUT2D eigenvalue weighted by molar-refractivity contribution is 0.278. The van der Waals surface area contributed by atoms with E-state index in [2.05, 4.69) is 27.8 Å². The Morgan fingerprint density at radius 2 is 1.88 bits per heavy atom. The molecular formula is C13H19BrFN. The minimum atomic E-state index is -0.163. The topological polar surface area (TPSA) is 3.24 Å². The third-order valence-electron chi connectivity index (χ3n) is 2.55. The molecule has 0 aromatic heterocycles. The number of nitrogens with zero attached hydrogens (tertiary/aromatic N) is 1. The van der Waals surface area contributed by atoms with Gasteiger partial charge in [-0.05, 0) is 30.7 Å². The predicted octanol–water partition coefficient (Wildman–Crippen LogP) is 3.82. The van der Waals surface area contributed by atoms with Gasteiger partial charge in [-0.25, -0.2) is 4.39 Å². The van der Waals surface area contributed by atoms with Crippen LogP contribution in [0.4, 0.5) is 4.39 Å². The van der Waals surface area contributed by atoms with Crippen LogP contribution in [0.5, 0.6) is 0 Å². The summed E-state index contributed by atoms with van der Waals surface area (Å²) in [6.45, 7) is 5.26. The highest BCUT2D eigenvalue weighted by Crippen LogP contribution is 2.08. The van der Waals surface area contributed by atoms with Crippen LogP contribution in [0.15, 0.2) is 24.3 Å². The van der Waals surface area contributed by atoms with Crippen LogP contribution in [0, 0.1) is 5.82 Å². The molecule has 0 amide bonds. The van der Waals surface area contributed by atoms with Crippen LogP contribution < -0.4 is 0 Å². The molecule has 0 heterocycles. The number of halogens is 2. The van der Waals surface area contributed by atoms with Crippen molar-refractivity contribution in [3.63, 3.8) is 0 Å². The van der Waals surface area contributed by atoms with Gasteiger partial charge < -0.3 is 0 Å². The number of rotatable bonds is 7. The van der Waals surface area contributed by atoms with Gasteiger partial charge in [-0.3, -0.25) is 4.90 Å². The monoisotopic (exact) mass is 287 g/mol. The van der Waals surface area contributed by atoms with E-state index in [-0.39, 0.29) is 5.82 Å².